The first-order valence-corrected chi connectivity index (χ1v) is 6.56. The molecule has 1 aliphatic heterocycles. The number of nitrogens with zero attached hydrogens (tertiary/aromatic N) is 1. The Morgan fingerprint density at radius 1 is 1.14 bits per heavy atom. The Hall–Kier alpha value is -1.47. The molecule has 0 N–H and O–H groups in total. The van der Waals surface area contributed by atoms with Gasteiger partial charge in [-0.15, -0.1) is 0 Å². The normalized spacial score (nSPS) is 23.7. The second kappa shape index (κ2) is 6.11. The Morgan fingerprint density at radius 2 is 1.71 bits per heavy atom. The van der Waals surface area contributed by atoms with E-state index in [0.717, 1.165) is 12.0 Å². The number of alkyl halides is 3. The highest BCUT2D eigenvalue weighted by atomic mass is 19.4. The average Bonchev–Trinajstić information content (AvgIpc) is 2.34. The van der Waals surface area contributed by atoms with Gasteiger partial charge in [0.1, 0.15) is 5.60 Å². The zero-order valence-electron chi connectivity index (χ0n) is 12.5. The molecule has 0 aliphatic carbocycles. The van der Waals surface area contributed by atoms with Gasteiger partial charge in [-0.1, -0.05) is 0 Å². The van der Waals surface area contributed by atoms with Crippen molar-refractivity contribution >= 4 is 12.1 Å². The molecule has 0 unspecified atom stereocenters. The lowest BCUT2D eigenvalue weighted by Crippen LogP contribution is -2.51. The monoisotopic (exact) mass is 311 g/mol. The van der Waals surface area contributed by atoms with E-state index in [1.54, 1.807) is 20.8 Å². The fraction of sp³-hybridized carbons (Fsp3) is 0.846. The van der Waals surface area contributed by atoms with Crippen molar-refractivity contribution in [2.75, 3.05) is 20.2 Å². The van der Waals surface area contributed by atoms with Crippen molar-refractivity contribution in [3.05, 3.63) is 0 Å². The van der Waals surface area contributed by atoms with Gasteiger partial charge in [0.2, 0.25) is 0 Å². The van der Waals surface area contributed by atoms with Crippen LogP contribution in [0, 0.1) is 11.8 Å². The van der Waals surface area contributed by atoms with E-state index in [1.165, 1.54) is 0 Å². The molecule has 0 aromatic carbocycles. The molecule has 0 spiro atoms. The van der Waals surface area contributed by atoms with Crippen LogP contribution >= 0.6 is 0 Å². The summed E-state index contributed by atoms with van der Waals surface area (Å²) in [7, 11) is 1.11. The number of methoxy groups -OCH3 is 1. The van der Waals surface area contributed by atoms with Gasteiger partial charge < -0.3 is 14.4 Å². The molecule has 0 aromatic rings. The van der Waals surface area contributed by atoms with Gasteiger partial charge in [-0.05, 0) is 27.2 Å². The van der Waals surface area contributed by atoms with Gasteiger partial charge >= 0.3 is 18.2 Å². The van der Waals surface area contributed by atoms with Crippen LogP contribution in [0.5, 0.6) is 0 Å². The fourth-order valence-electron chi connectivity index (χ4n) is 2.15. The third-order valence-corrected chi connectivity index (χ3v) is 3.10. The molecule has 1 aliphatic rings. The first kappa shape index (κ1) is 17.6. The summed E-state index contributed by atoms with van der Waals surface area (Å²) in [4.78, 5) is 24.4. The summed E-state index contributed by atoms with van der Waals surface area (Å²) >= 11 is 0. The number of rotatable bonds is 1. The molecule has 5 nitrogen and oxygen atoms in total. The van der Waals surface area contributed by atoms with E-state index in [-0.39, 0.29) is 13.0 Å². The van der Waals surface area contributed by atoms with E-state index in [0.29, 0.717) is 0 Å². The van der Waals surface area contributed by atoms with Gasteiger partial charge in [-0.3, -0.25) is 4.79 Å². The molecule has 0 saturated carbocycles. The molecule has 1 heterocycles. The first-order chi connectivity index (χ1) is 9.44. The van der Waals surface area contributed by atoms with Gasteiger partial charge in [0, 0.05) is 13.1 Å². The molecule has 0 bridgehead atoms. The molecule has 1 rings (SSSR count). The summed E-state index contributed by atoms with van der Waals surface area (Å²) in [6, 6.07) is 0. The summed E-state index contributed by atoms with van der Waals surface area (Å²) in [5, 5.41) is 0. The van der Waals surface area contributed by atoms with Crippen molar-refractivity contribution in [3.8, 4) is 0 Å². The average molecular weight is 311 g/mol. The van der Waals surface area contributed by atoms with Crippen LogP contribution in [0.25, 0.3) is 0 Å². The maximum absolute atomic E-state index is 12.9. The summed E-state index contributed by atoms with van der Waals surface area (Å²) < 4.78 is 48.3. The maximum Gasteiger partial charge on any atom is 0.410 e. The van der Waals surface area contributed by atoms with Crippen LogP contribution in [0.2, 0.25) is 0 Å². The van der Waals surface area contributed by atoms with Crippen LogP contribution < -0.4 is 0 Å². The van der Waals surface area contributed by atoms with E-state index in [2.05, 4.69) is 4.74 Å². The van der Waals surface area contributed by atoms with E-state index >= 15 is 0 Å². The summed E-state index contributed by atoms with van der Waals surface area (Å²) in [5.74, 6) is -3.51. The summed E-state index contributed by atoms with van der Waals surface area (Å²) in [6.45, 7) is 4.22. The number of esters is 1. The minimum Gasteiger partial charge on any atom is -0.469 e. The molecule has 0 radical (unpaired) electrons. The zero-order chi connectivity index (χ0) is 16.4. The minimum atomic E-state index is -4.48. The van der Waals surface area contributed by atoms with E-state index in [9.17, 15) is 22.8 Å². The van der Waals surface area contributed by atoms with Crippen LogP contribution in [-0.4, -0.2) is 48.9 Å². The Balaban J connectivity index is 2.88. The molecular formula is C13H20F3NO4. The number of ether oxygens (including phenoxy) is 2. The Morgan fingerprint density at radius 3 is 2.14 bits per heavy atom. The van der Waals surface area contributed by atoms with Crippen molar-refractivity contribution in [2.24, 2.45) is 11.8 Å². The standard InChI is InChI=1S/C13H20F3NO4/c1-12(2,3)21-11(19)17-6-8(10(18)20-4)5-9(7-17)13(14,15)16/h8-9H,5-7H2,1-4H3/t8-,9+/m0/s1. The highest BCUT2D eigenvalue weighted by Gasteiger charge is 2.47. The largest absolute Gasteiger partial charge is 0.469 e. The van der Waals surface area contributed by atoms with Gasteiger partial charge in [-0.2, -0.15) is 13.2 Å². The Labute approximate surface area is 121 Å². The van der Waals surface area contributed by atoms with Crippen LogP contribution in [0.15, 0.2) is 0 Å². The fourth-order valence-corrected chi connectivity index (χ4v) is 2.15. The maximum atomic E-state index is 12.9. The molecule has 21 heavy (non-hydrogen) atoms. The van der Waals surface area contributed by atoms with Crippen LogP contribution in [0.4, 0.5) is 18.0 Å². The molecule has 1 amide bonds. The number of hydrogen-bond donors (Lipinski definition) is 0. The molecule has 122 valence electrons. The first-order valence-electron chi connectivity index (χ1n) is 6.56. The van der Waals surface area contributed by atoms with Crippen molar-refractivity contribution in [1.82, 2.24) is 4.90 Å². The van der Waals surface area contributed by atoms with Crippen molar-refractivity contribution in [2.45, 2.75) is 39.0 Å². The Bertz CT molecular complexity index is 403. The lowest BCUT2D eigenvalue weighted by Gasteiger charge is -2.37. The van der Waals surface area contributed by atoms with Crippen LogP contribution in [0.3, 0.4) is 0 Å². The number of piperidine rings is 1. The van der Waals surface area contributed by atoms with Crippen molar-refractivity contribution in [3.63, 3.8) is 0 Å². The molecule has 8 heteroatoms. The molecular weight excluding hydrogens is 291 g/mol. The molecule has 2 atom stereocenters. The Kier molecular flexibility index (Phi) is 5.11. The topological polar surface area (TPSA) is 55.8 Å². The van der Waals surface area contributed by atoms with Crippen LogP contribution in [0.1, 0.15) is 27.2 Å². The van der Waals surface area contributed by atoms with Gasteiger partial charge in [0.15, 0.2) is 0 Å². The predicted octanol–water partition coefficient (Wildman–Crippen LogP) is 2.59. The number of hydrogen-bond acceptors (Lipinski definition) is 4. The van der Waals surface area contributed by atoms with E-state index in [4.69, 9.17) is 4.74 Å². The smallest absolute Gasteiger partial charge is 0.410 e. The number of amides is 1. The highest BCUT2D eigenvalue weighted by molar-refractivity contribution is 5.75. The van der Waals surface area contributed by atoms with E-state index < -0.39 is 42.2 Å². The van der Waals surface area contributed by atoms with E-state index in [1.807, 2.05) is 0 Å². The number of halogens is 3. The van der Waals surface area contributed by atoms with Crippen LogP contribution in [-0.2, 0) is 14.3 Å². The second-order valence-corrected chi connectivity index (χ2v) is 6.08. The van der Waals surface area contributed by atoms with Crippen molar-refractivity contribution < 1.29 is 32.2 Å². The number of carbonyl (C=O) groups is 2. The minimum absolute atomic E-state index is 0.131. The lowest BCUT2D eigenvalue weighted by atomic mass is 9.89. The molecule has 0 aromatic heterocycles. The number of carbonyl (C=O) groups excluding carboxylic acids is 2. The molecule has 1 saturated heterocycles. The third-order valence-electron chi connectivity index (χ3n) is 3.10. The molecule has 1 fully saturated rings. The quantitative estimate of drug-likeness (QED) is 0.699. The lowest BCUT2D eigenvalue weighted by molar-refractivity contribution is -0.193. The van der Waals surface area contributed by atoms with Gasteiger partial charge in [0.25, 0.3) is 0 Å². The van der Waals surface area contributed by atoms with Gasteiger partial charge in [-0.25, -0.2) is 4.79 Å². The third kappa shape index (κ3) is 5.09. The SMILES string of the molecule is COC(=O)[C@H]1C[C@@H](C(F)(F)F)CN(C(=O)OC(C)(C)C)C1. The zero-order valence-corrected chi connectivity index (χ0v) is 12.5. The predicted molar refractivity (Wildman–Crippen MR) is 67.5 cm³/mol. The van der Waals surface area contributed by atoms with Crippen molar-refractivity contribution in [1.29, 1.82) is 0 Å². The summed E-state index contributed by atoms with van der Waals surface area (Å²) in [6.07, 6.45) is -5.71. The second-order valence-electron chi connectivity index (χ2n) is 6.08. The van der Waals surface area contributed by atoms with Gasteiger partial charge in [0.05, 0.1) is 18.9 Å². The highest BCUT2D eigenvalue weighted by Crippen LogP contribution is 2.36. The summed E-state index contributed by atoms with van der Waals surface area (Å²) in [5.41, 5.74) is -0.816. The number of likely N-dealkylation sites (tertiary alicyclic amines) is 1.